The molecular weight excluding hydrogens is 263 g/mol. The lowest BCUT2D eigenvalue weighted by atomic mass is 10.2. The molecule has 1 aromatic heterocycles. The van der Waals surface area contributed by atoms with Crippen molar-refractivity contribution in [1.29, 1.82) is 0 Å². The van der Waals surface area contributed by atoms with Gasteiger partial charge >= 0.3 is 0 Å². The summed E-state index contributed by atoms with van der Waals surface area (Å²) in [5, 5.41) is 0.789. The van der Waals surface area contributed by atoms with Gasteiger partial charge in [-0.1, -0.05) is 0 Å². The van der Waals surface area contributed by atoms with Crippen LogP contribution in [0.5, 0.6) is 0 Å². The number of rotatable bonds is 2. The number of halogens is 1. The highest BCUT2D eigenvalue weighted by atomic mass is 32.1. The molecule has 0 spiro atoms. The standard InChI is InChI=1S/C14H15FN2OS/c15-10-3-4-12-9(6-10)7-13(19-12)14(18)17-5-1-2-11(17)8-16/h3-4,6-7,11H,1-2,5,8,16H2/t11-/m0/s1. The Bertz CT molecular complexity index is 625. The maximum atomic E-state index is 13.2. The lowest BCUT2D eigenvalue weighted by Crippen LogP contribution is -2.39. The number of amides is 1. The molecule has 2 aromatic rings. The molecule has 0 unspecified atom stereocenters. The van der Waals surface area contributed by atoms with Crippen LogP contribution in [0.1, 0.15) is 22.5 Å². The van der Waals surface area contributed by atoms with Crippen molar-refractivity contribution < 1.29 is 9.18 Å². The molecule has 3 rings (SSSR count). The molecule has 1 amide bonds. The van der Waals surface area contributed by atoms with Gasteiger partial charge in [0, 0.05) is 23.8 Å². The number of hydrogen-bond donors (Lipinski definition) is 1. The lowest BCUT2D eigenvalue weighted by Gasteiger charge is -2.22. The number of carbonyl (C=O) groups is 1. The molecule has 100 valence electrons. The first-order valence-electron chi connectivity index (χ1n) is 6.39. The zero-order chi connectivity index (χ0) is 13.4. The number of thiophene rings is 1. The van der Waals surface area contributed by atoms with Crippen LogP contribution >= 0.6 is 11.3 Å². The predicted octanol–water partition coefficient (Wildman–Crippen LogP) is 2.60. The molecule has 2 N–H and O–H groups in total. The summed E-state index contributed by atoms with van der Waals surface area (Å²) in [6.45, 7) is 1.27. The van der Waals surface area contributed by atoms with E-state index in [-0.39, 0.29) is 17.8 Å². The Kier molecular flexibility index (Phi) is 3.24. The van der Waals surface area contributed by atoms with E-state index >= 15 is 0 Å². The molecule has 3 nitrogen and oxygen atoms in total. The topological polar surface area (TPSA) is 46.3 Å². The number of likely N-dealkylation sites (tertiary alicyclic amines) is 1. The fourth-order valence-corrected chi connectivity index (χ4v) is 3.61. The van der Waals surface area contributed by atoms with Gasteiger partial charge in [-0.2, -0.15) is 0 Å². The Morgan fingerprint density at radius 2 is 2.32 bits per heavy atom. The summed E-state index contributed by atoms with van der Waals surface area (Å²) in [4.78, 5) is 15.0. The summed E-state index contributed by atoms with van der Waals surface area (Å²) in [5.74, 6) is -0.250. The average molecular weight is 278 g/mol. The van der Waals surface area contributed by atoms with Gasteiger partial charge in [-0.15, -0.1) is 11.3 Å². The third kappa shape index (κ3) is 2.24. The van der Waals surface area contributed by atoms with Gasteiger partial charge in [0.1, 0.15) is 5.82 Å². The van der Waals surface area contributed by atoms with Crippen molar-refractivity contribution in [2.24, 2.45) is 5.73 Å². The van der Waals surface area contributed by atoms with E-state index in [4.69, 9.17) is 5.73 Å². The third-order valence-corrected chi connectivity index (χ3v) is 4.70. The summed E-state index contributed by atoms with van der Waals surface area (Å²) in [6.07, 6.45) is 1.98. The quantitative estimate of drug-likeness (QED) is 0.918. The minimum absolute atomic E-state index is 0.0227. The average Bonchev–Trinajstić information content (AvgIpc) is 3.03. The van der Waals surface area contributed by atoms with E-state index in [0.717, 1.165) is 29.5 Å². The van der Waals surface area contributed by atoms with Gasteiger partial charge in [-0.05, 0) is 42.5 Å². The molecule has 0 saturated carbocycles. The van der Waals surface area contributed by atoms with Crippen molar-refractivity contribution in [1.82, 2.24) is 4.90 Å². The van der Waals surface area contributed by atoms with Crippen LogP contribution in [0, 0.1) is 5.82 Å². The van der Waals surface area contributed by atoms with Crippen LogP contribution in [0.15, 0.2) is 24.3 Å². The highest BCUT2D eigenvalue weighted by Gasteiger charge is 2.29. The molecule has 0 bridgehead atoms. The number of nitrogens with two attached hydrogens (primary N) is 1. The zero-order valence-electron chi connectivity index (χ0n) is 10.4. The van der Waals surface area contributed by atoms with Gasteiger partial charge in [0.05, 0.1) is 4.88 Å². The smallest absolute Gasteiger partial charge is 0.264 e. The van der Waals surface area contributed by atoms with Crippen LogP contribution in [0.25, 0.3) is 10.1 Å². The molecule has 5 heteroatoms. The molecule has 1 atom stereocenters. The van der Waals surface area contributed by atoms with E-state index in [1.54, 1.807) is 12.1 Å². The van der Waals surface area contributed by atoms with Gasteiger partial charge < -0.3 is 10.6 Å². The minimum Gasteiger partial charge on any atom is -0.334 e. The molecule has 1 aliphatic heterocycles. The van der Waals surface area contributed by atoms with Gasteiger partial charge in [-0.3, -0.25) is 4.79 Å². The van der Waals surface area contributed by atoms with Gasteiger partial charge in [0.25, 0.3) is 5.91 Å². The van der Waals surface area contributed by atoms with E-state index in [1.807, 2.05) is 4.90 Å². The van der Waals surface area contributed by atoms with Crippen molar-refractivity contribution in [2.75, 3.05) is 13.1 Å². The summed E-state index contributed by atoms with van der Waals surface area (Å²) in [7, 11) is 0. The second-order valence-corrected chi connectivity index (χ2v) is 5.91. The van der Waals surface area contributed by atoms with Crippen molar-refractivity contribution >= 4 is 27.3 Å². The Morgan fingerprint density at radius 3 is 3.11 bits per heavy atom. The molecule has 1 aliphatic rings. The van der Waals surface area contributed by atoms with E-state index < -0.39 is 0 Å². The number of hydrogen-bond acceptors (Lipinski definition) is 3. The van der Waals surface area contributed by atoms with Crippen LogP contribution in [0.2, 0.25) is 0 Å². The summed E-state index contributed by atoms with van der Waals surface area (Å²) in [5.41, 5.74) is 5.69. The number of nitrogens with zero attached hydrogens (tertiary/aromatic N) is 1. The Balaban J connectivity index is 1.93. The molecule has 0 aliphatic carbocycles. The van der Waals surface area contributed by atoms with Crippen molar-refractivity contribution in [3.8, 4) is 0 Å². The van der Waals surface area contributed by atoms with E-state index in [9.17, 15) is 9.18 Å². The fourth-order valence-electron chi connectivity index (χ4n) is 2.61. The first-order chi connectivity index (χ1) is 9.19. The molecule has 1 saturated heterocycles. The third-order valence-electron chi connectivity index (χ3n) is 3.60. The molecule has 0 radical (unpaired) electrons. The van der Waals surface area contributed by atoms with Crippen LogP contribution < -0.4 is 5.73 Å². The number of carbonyl (C=O) groups excluding carboxylic acids is 1. The number of fused-ring (bicyclic) bond motifs is 1. The van der Waals surface area contributed by atoms with Crippen molar-refractivity contribution in [2.45, 2.75) is 18.9 Å². The molecule has 1 aromatic carbocycles. The lowest BCUT2D eigenvalue weighted by molar-refractivity contribution is 0.0746. The Labute approximate surface area is 114 Å². The number of benzene rings is 1. The Hall–Kier alpha value is -1.46. The molecule has 2 heterocycles. The highest BCUT2D eigenvalue weighted by molar-refractivity contribution is 7.20. The highest BCUT2D eigenvalue weighted by Crippen LogP contribution is 2.29. The molecule has 19 heavy (non-hydrogen) atoms. The minimum atomic E-state index is -0.273. The van der Waals surface area contributed by atoms with Crippen LogP contribution in [0.3, 0.4) is 0 Å². The normalized spacial score (nSPS) is 19.3. The Morgan fingerprint density at radius 1 is 1.47 bits per heavy atom. The zero-order valence-corrected chi connectivity index (χ0v) is 11.3. The van der Waals surface area contributed by atoms with E-state index in [0.29, 0.717) is 11.4 Å². The summed E-state index contributed by atoms with van der Waals surface area (Å²) in [6, 6.07) is 6.53. The molecular formula is C14H15FN2OS. The predicted molar refractivity (Wildman–Crippen MR) is 74.9 cm³/mol. The SMILES string of the molecule is NC[C@@H]1CCCN1C(=O)c1cc2cc(F)ccc2s1. The second-order valence-electron chi connectivity index (χ2n) is 4.82. The maximum absolute atomic E-state index is 13.2. The van der Waals surface area contributed by atoms with Crippen LogP contribution in [-0.2, 0) is 0 Å². The monoisotopic (exact) mass is 278 g/mol. The van der Waals surface area contributed by atoms with Crippen molar-refractivity contribution in [3.05, 3.63) is 35.0 Å². The first kappa shape index (κ1) is 12.6. The van der Waals surface area contributed by atoms with Gasteiger partial charge in [-0.25, -0.2) is 4.39 Å². The molecule has 1 fully saturated rings. The van der Waals surface area contributed by atoms with Crippen molar-refractivity contribution in [3.63, 3.8) is 0 Å². The maximum Gasteiger partial charge on any atom is 0.264 e. The fraction of sp³-hybridized carbons (Fsp3) is 0.357. The van der Waals surface area contributed by atoms with Gasteiger partial charge in [0.2, 0.25) is 0 Å². The summed E-state index contributed by atoms with van der Waals surface area (Å²) >= 11 is 1.41. The first-order valence-corrected chi connectivity index (χ1v) is 7.21. The van der Waals surface area contributed by atoms with E-state index in [2.05, 4.69) is 0 Å². The van der Waals surface area contributed by atoms with Gasteiger partial charge in [0.15, 0.2) is 0 Å². The van der Waals surface area contributed by atoms with E-state index in [1.165, 1.54) is 23.5 Å². The van der Waals surface area contributed by atoms with Crippen LogP contribution in [-0.4, -0.2) is 29.9 Å². The summed E-state index contributed by atoms with van der Waals surface area (Å²) < 4.78 is 14.1. The second kappa shape index (κ2) is 4.90. The largest absolute Gasteiger partial charge is 0.334 e. The van der Waals surface area contributed by atoms with Crippen LogP contribution in [0.4, 0.5) is 4.39 Å².